The van der Waals surface area contributed by atoms with E-state index in [1.165, 1.54) is 19.3 Å². The molecule has 0 aromatic heterocycles. The van der Waals surface area contributed by atoms with E-state index >= 15 is 0 Å². The summed E-state index contributed by atoms with van der Waals surface area (Å²) >= 11 is 0. The molecule has 0 nitrogen and oxygen atoms in total. The van der Waals surface area contributed by atoms with Crippen molar-refractivity contribution in [3.05, 3.63) is 0 Å². The Kier molecular flexibility index (Phi) is 4.67. The van der Waals surface area contributed by atoms with Crippen LogP contribution in [0.1, 0.15) is 60.8 Å². The third-order valence-electron chi connectivity index (χ3n) is 4.65. The van der Waals surface area contributed by atoms with Crippen LogP contribution in [0.2, 0.25) is 0 Å². The van der Waals surface area contributed by atoms with Crippen LogP contribution in [0.5, 0.6) is 0 Å². The van der Waals surface area contributed by atoms with Crippen molar-refractivity contribution >= 4 is 0 Å². The van der Waals surface area contributed by atoms with Crippen molar-refractivity contribution in [1.82, 2.24) is 0 Å². The van der Waals surface area contributed by atoms with Crippen LogP contribution in [-0.4, -0.2) is 0 Å². The maximum atomic E-state index is 2.42. The standard InChI is InChI=1S/C15H30/c1-10(2)13-7-8-14(11(3)4)15(9-13)12(5)6/h10-15H,7-9H2,1-6H3. The van der Waals surface area contributed by atoms with Gasteiger partial charge in [0.05, 0.1) is 0 Å². The van der Waals surface area contributed by atoms with Crippen LogP contribution in [0.4, 0.5) is 0 Å². The smallest absolute Gasteiger partial charge is 0.0358 e. The molecule has 0 spiro atoms. The van der Waals surface area contributed by atoms with Crippen LogP contribution < -0.4 is 0 Å². The Morgan fingerprint density at radius 2 is 1.20 bits per heavy atom. The lowest BCUT2D eigenvalue weighted by atomic mass is 9.64. The molecule has 0 bridgehead atoms. The highest BCUT2D eigenvalue weighted by Gasteiger charge is 2.34. The van der Waals surface area contributed by atoms with Crippen LogP contribution in [-0.2, 0) is 0 Å². The predicted octanol–water partition coefficient (Wildman–Crippen LogP) is 4.99. The summed E-state index contributed by atoms with van der Waals surface area (Å²) in [5.41, 5.74) is 0. The molecule has 3 unspecified atom stereocenters. The summed E-state index contributed by atoms with van der Waals surface area (Å²) in [6, 6.07) is 0. The minimum Gasteiger partial charge on any atom is -0.0625 e. The Morgan fingerprint density at radius 1 is 0.667 bits per heavy atom. The normalized spacial score (nSPS) is 33.0. The van der Waals surface area contributed by atoms with Crippen LogP contribution in [0.15, 0.2) is 0 Å². The molecule has 0 heteroatoms. The van der Waals surface area contributed by atoms with Crippen LogP contribution in [0.3, 0.4) is 0 Å². The molecule has 1 aliphatic rings. The quantitative estimate of drug-likeness (QED) is 0.616. The van der Waals surface area contributed by atoms with Gasteiger partial charge in [0.2, 0.25) is 0 Å². The van der Waals surface area contributed by atoms with Crippen molar-refractivity contribution < 1.29 is 0 Å². The van der Waals surface area contributed by atoms with E-state index in [0.717, 1.165) is 35.5 Å². The summed E-state index contributed by atoms with van der Waals surface area (Å²) < 4.78 is 0. The van der Waals surface area contributed by atoms with E-state index in [0.29, 0.717) is 0 Å². The topological polar surface area (TPSA) is 0 Å². The van der Waals surface area contributed by atoms with Gasteiger partial charge in [-0.05, 0) is 54.8 Å². The number of hydrogen-bond donors (Lipinski definition) is 0. The molecule has 0 aliphatic heterocycles. The van der Waals surface area contributed by atoms with Crippen LogP contribution in [0, 0.1) is 35.5 Å². The fourth-order valence-corrected chi connectivity index (χ4v) is 3.46. The average Bonchev–Trinajstić information content (AvgIpc) is 2.16. The van der Waals surface area contributed by atoms with Crippen molar-refractivity contribution in [2.24, 2.45) is 35.5 Å². The maximum Gasteiger partial charge on any atom is -0.0358 e. The van der Waals surface area contributed by atoms with Gasteiger partial charge in [-0.3, -0.25) is 0 Å². The molecule has 1 saturated carbocycles. The van der Waals surface area contributed by atoms with Crippen molar-refractivity contribution in [1.29, 1.82) is 0 Å². The second-order valence-corrected chi connectivity index (χ2v) is 6.63. The summed E-state index contributed by atoms with van der Waals surface area (Å²) in [4.78, 5) is 0. The first kappa shape index (κ1) is 13.1. The molecule has 15 heavy (non-hydrogen) atoms. The summed E-state index contributed by atoms with van der Waals surface area (Å²) in [5.74, 6) is 5.60. The first-order valence-corrected chi connectivity index (χ1v) is 6.93. The van der Waals surface area contributed by atoms with Crippen molar-refractivity contribution in [2.45, 2.75) is 60.8 Å². The third kappa shape index (κ3) is 3.23. The molecule has 3 atom stereocenters. The molecule has 1 fully saturated rings. The first-order chi connectivity index (χ1) is 6.93. The Balaban J connectivity index is 2.65. The SMILES string of the molecule is CC(C)C1CCC(C(C)C)C(C(C)C)C1. The van der Waals surface area contributed by atoms with Gasteiger partial charge in [-0.1, -0.05) is 41.5 Å². The number of rotatable bonds is 3. The molecule has 0 aromatic rings. The summed E-state index contributed by atoms with van der Waals surface area (Å²) in [7, 11) is 0. The molecule has 0 saturated heterocycles. The van der Waals surface area contributed by atoms with Gasteiger partial charge >= 0.3 is 0 Å². The largest absolute Gasteiger partial charge is 0.0625 e. The Labute approximate surface area is 96.8 Å². The van der Waals surface area contributed by atoms with Gasteiger partial charge in [-0.2, -0.15) is 0 Å². The molecule has 0 N–H and O–H groups in total. The van der Waals surface area contributed by atoms with Gasteiger partial charge in [0.1, 0.15) is 0 Å². The predicted molar refractivity (Wildman–Crippen MR) is 68.8 cm³/mol. The second-order valence-electron chi connectivity index (χ2n) is 6.63. The van der Waals surface area contributed by atoms with E-state index in [-0.39, 0.29) is 0 Å². The molecule has 90 valence electrons. The fourth-order valence-electron chi connectivity index (χ4n) is 3.46. The van der Waals surface area contributed by atoms with Crippen LogP contribution in [0.25, 0.3) is 0 Å². The van der Waals surface area contributed by atoms with Gasteiger partial charge in [-0.25, -0.2) is 0 Å². The van der Waals surface area contributed by atoms with Crippen molar-refractivity contribution in [2.75, 3.05) is 0 Å². The highest BCUT2D eigenvalue weighted by atomic mass is 14.4. The molecule has 1 rings (SSSR count). The maximum absolute atomic E-state index is 2.42. The fraction of sp³-hybridized carbons (Fsp3) is 1.00. The zero-order chi connectivity index (χ0) is 11.6. The van der Waals surface area contributed by atoms with Gasteiger partial charge < -0.3 is 0 Å². The van der Waals surface area contributed by atoms with E-state index in [4.69, 9.17) is 0 Å². The van der Waals surface area contributed by atoms with E-state index in [9.17, 15) is 0 Å². The molecule has 0 aromatic carbocycles. The van der Waals surface area contributed by atoms with Gasteiger partial charge in [0, 0.05) is 0 Å². The number of hydrogen-bond acceptors (Lipinski definition) is 0. The van der Waals surface area contributed by atoms with E-state index in [1.807, 2.05) is 0 Å². The lowest BCUT2D eigenvalue weighted by molar-refractivity contribution is 0.0815. The Hall–Kier alpha value is 0. The van der Waals surface area contributed by atoms with Gasteiger partial charge in [-0.15, -0.1) is 0 Å². The summed E-state index contributed by atoms with van der Waals surface area (Å²) in [6.45, 7) is 14.5. The third-order valence-corrected chi connectivity index (χ3v) is 4.65. The Bertz CT molecular complexity index is 178. The lowest BCUT2D eigenvalue weighted by Gasteiger charge is -2.42. The zero-order valence-electron chi connectivity index (χ0n) is 11.6. The van der Waals surface area contributed by atoms with Gasteiger partial charge in [0.25, 0.3) is 0 Å². The monoisotopic (exact) mass is 210 g/mol. The highest BCUT2D eigenvalue weighted by Crippen LogP contribution is 2.43. The molecule has 0 heterocycles. The zero-order valence-corrected chi connectivity index (χ0v) is 11.6. The lowest BCUT2D eigenvalue weighted by Crippen LogP contribution is -2.33. The molecule has 0 amide bonds. The van der Waals surface area contributed by atoms with E-state index in [2.05, 4.69) is 41.5 Å². The Morgan fingerprint density at radius 3 is 1.60 bits per heavy atom. The summed E-state index contributed by atoms with van der Waals surface area (Å²) in [5, 5.41) is 0. The van der Waals surface area contributed by atoms with Crippen molar-refractivity contribution in [3.8, 4) is 0 Å². The first-order valence-electron chi connectivity index (χ1n) is 6.93. The minimum atomic E-state index is 0.874. The summed E-state index contributed by atoms with van der Waals surface area (Å²) in [6.07, 6.45) is 4.44. The van der Waals surface area contributed by atoms with Crippen molar-refractivity contribution in [3.63, 3.8) is 0 Å². The average molecular weight is 210 g/mol. The second kappa shape index (κ2) is 5.37. The van der Waals surface area contributed by atoms with Crippen LogP contribution >= 0.6 is 0 Å². The molecular formula is C15H30. The van der Waals surface area contributed by atoms with E-state index in [1.54, 1.807) is 0 Å². The minimum absolute atomic E-state index is 0.874. The van der Waals surface area contributed by atoms with E-state index < -0.39 is 0 Å². The molecule has 1 aliphatic carbocycles. The molecule has 0 radical (unpaired) electrons. The molecular weight excluding hydrogens is 180 g/mol. The highest BCUT2D eigenvalue weighted by molar-refractivity contribution is 4.84. The van der Waals surface area contributed by atoms with Gasteiger partial charge in [0.15, 0.2) is 0 Å².